The number of nitrogens with one attached hydrogen (secondary N) is 1. The smallest absolute Gasteiger partial charge is 0.317 e. The first kappa shape index (κ1) is 17.8. The van der Waals surface area contributed by atoms with E-state index < -0.39 is 11.4 Å². The van der Waals surface area contributed by atoms with E-state index in [0.717, 1.165) is 12.8 Å². The summed E-state index contributed by atoms with van der Waals surface area (Å²) in [5.41, 5.74) is -0.811. The Kier molecular flexibility index (Phi) is 6.95. The fraction of sp³-hybridized carbons (Fsp3) is 0.867. The average Bonchev–Trinajstić information content (AvgIpc) is 2.89. The minimum Gasteiger partial charge on any atom is -0.481 e. The molecule has 0 aromatic carbocycles. The molecule has 0 aliphatic carbocycles. The molecule has 21 heavy (non-hydrogen) atoms. The van der Waals surface area contributed by atoms with Gasteiger partial charge in [-0.05, 0) is 18.8 Å². The monoisotopic (exact) mass is 300 g/mol. The van der Waals surface area contributed by atoms with Gasteiger partial charge in [-0.1, -0.05) is 27.2 Å². The highest BCUT2D eigenvalue weighted by molar-refractivity contribution is 5.80. The average molecular weight is 300 g/mol. The van der Waals surface area contributed by atoms with Crippen LogP contribution in [-0.4, -0.2) is 54.9 Å². The Labute approximate surface area is 126 Å². The zero-order valence-corrected chi connectivity index (χ0v) is 13.4. The van der Waals surface area contributed by atoms with Crippen LogP contribution in [0.5, 0.6) is 0 Å². The van der Waals surface area contributed by atoms with E-state index in [-0.39, 0.29) is 18.5 Å². The Hall–Kier alpha value is -1.30. The Morgan fingerprint density at radius 3 is 2.62 bits per heavy atom. The molecule has 1 aliphatic rings. The summed E-state index contributed by atoms with van der Waals surface area (Å²) < 4.78 is 5.38. The molecule has 0 radical (unpaired) electrons. The van der Waals surface area contributed by atoms with Crippen molar-refractivity contribution in [1.29, 1.82) is 0 Å². The van der Waals surface area contributed by atoms with Crippen molar-refractivity contribution in [2.24, 2.45) is 11.3 Å². The Balaban J connectivity index is 2.35. The number of hydrogen-bond donors (Lipinski definition) is 2. The van der Waals surface area contributed by atoms with Gasteiger partial charge in [-0.15, -0.1) is 0 Å². The van der Waals surface area contributed by atoms with Crippen LogP contribution in [0.4, 0.5) is 4.79 Å². The molecule has 1 rings (SSSR count). The van der Waals surface area contributed by atoms with E-state index in [9.17, 15) is 14.7 Å². The third kappa shape index (κ3) is 4.59. The van der Waals surface area contributed by atoms with Crippen molar-refractivity contribution < 1.29 is 19.4 Å². The molecule has 1 saturated heterocycles. The summed E-state index contributed by atoms with van der Waals surface area (Å²) in [4.78, 5) is 25.1. The number of unbranched alkanes of at least 4 members (excludes halogenated alkanes) is 1. The Morgan fingerprint density at radius 2 is 2.10 bits per heavy atom. The van der Waals surface area contributed by atoms with Crippen LogP contribution >= 0.6 is 0 Å². The minimum absolute atomic E-state index is 0.00479. The van der Waals surface area contributed by atoms with Crippen molar-refractivity contribution in [2.45, 2.75) is 40.0 Å². The maximum absolute atomic E-state index is 12.0. The lowest BCUT2D eigenvalue weighted by atomic mass is 9.76. The number of carboxylic acid groups (broad SMARTS) is 1. The fourth-order valence-electron chi connectivity index (χ4n) is 2.59. The highest BCUT2D eigenvalue weighted by Crippen LogP contribution is 2.38. The van der Waals surface area contributed by atoms with Crippen LogP contribution in [0.3, 0.4) is 0 Å². The highest BCUT2D eigenvalue weighted by atomic mass is 16.5. The molecule has 0 bridgehead atoms. The molecule has 1 atom stereocenters. The summed E-state index contributed by atoms with van der Waals surface area (Å²) in [6.07, 6.45) is 2.63. The second-order valence-electron chi connectivity index (χ2n) is 5.99. The zero-order valence-electron chi connectivity index (χ0n) is 13.4. The van der Waals surface area contributed by atoms with E-state index in [0.29, 0.717) is 32.7 Å². The number of carboxylic acids is 1. The number of carbonyl (C=O) groups excluding carboxylic acids is 1. The number of rotatable bonds is 8. The van der Waals surface area contributed by atoms with Gasteiger partial charge < -0.3 is 20.1 Å². The standard InChI is InChI=1S/C15H28N2O4/c1-4-5-9-21-10-7-16-14(20)17-8-6-15(11-17,12(2)3)13(18)19/h12H,4-11H2,1-3H3,(H,16,20)(H,18,19). The van der Waals surface area contributed by atoms with Gasteiger partial charge in [0.1, 0.15) is 0 Å². The van der Waals surface area contributed by atoms with E-state index in [4.69, 9.17) is 4.74 Å². The first-order valence-electron chi connectivity index (χ1n) is 7.78. The molecule has 2 amide bonds. The third-order valence-electron chi connectivity index (χ3n) is 4.28. The summed E-state index contributed by atoms with van der Waals surface area (Å²) in [6.45, 7) is 8.34. The summed E-state index contributed by atoms with van der Waals surface area (Å²) in [6, 6.07) is -0.196. The lowest BCUT2D eigenvalue weighted by molar-refractivity contribution is -0.150. The Morgan fingerprint density at radius 1 is 1.38 bits per heavy atom. The molecule has 0 spiro atoms. The molecule has 0 saturated carbocycles. The lowest BCUT2D eigenvalue weighted by Gasteiger charge is -2.28. The molecular formula is C15H28N2O4. The Bertz CT molecular complexity index is 360. The summed E-state index contributed by atoms with van der Waals surface area (Å²) in [7, 11) is 0. The van der Waals surface area contributed by atoms with Crippen molar-refractivity contribution >= 4 is 12.0 Å². The third-order valence-corrected chi connectivity index (χ3v) is 4.28. The second-order valence-corrected chi connectivity index (χ2v) is 5.99. The van der Waals surface area contributed by atoms with Crippen LogP contribution in [0, 0.1) is 11.3 Å². The summed E-state index contributed by atoms with van der Waals surface area (Å²) in [5.74, 6) is -0.805. The maximum Gasteiger partial charge on any atom is 0.317 e. The van der Waals surface area contributed by atoms with Crippen LogP contribution in [-0.2, 0) is 9.53 Å². The number of carbonyl (C=O) groups is 2. The minimum atomic E-state index is -0.811. The molecule has 1 heterocycles. The van der Waals surface area contributed by atoms with Gasteiger partial charge in [0.15, 0.2) is 0 Å². The van der Waals surface area contributed by atoms with E-state index in [1.165, 1.54) is 0 Å². The van der Waals surface area contributed by atoms with Gasteiger partial charge in [0.2, 0.25) is 0 Å². The quantitative estimate of drug-likeness (QED) is 0.672. The van der Waals surface area contributed by atoms with Crippen molar-refractivity contribution in [1.82, 2.24) is 10.2 Å². The number of hydrogen-bond acceptors (Lipinski definition) is 3. The predicted molar refractivity (Wildman–Crippen MR) is 80.2 cm³/mol. The van der Waals surface area contributed by atoms with Gasteiger partial charge in [0.25, 0.3) is 0 Å². The van der Waals surface area contributed by atoms with E-state index in [2.05, 4.69) is 12.2 Å². The van der Waals surface area contributed by atoms with E-state index in [1.54, 1.807) is 4.90 Å². The van der Waals surface area contributed by atoms with Crippen molar-refractivity contribution in [3.05, 3.63) is 0 Å². The number of likely N-dealkylation sites (tertiary alicyclic amines) is 1. The number of urea groups is 1. The molecule has 0 aromatic rings. The SMILES string of the molecule is CCCCOCCNC(=O)N1CCC(C(=O)O)(C(C)C)C1. The first-order valence-corrected chi connectivity index (χ1v) is 7.78. The molecule has 1 unspecified atom stereocenters. The zero-order chi connectivity index (χ0) is 15.9. The summed E-state index contributed by atoms with van der Waals surface area (Å²) >= 11 is 0. The van der Waals surface area contributed by atoms with Crippen molar-refractivity contribution in [3.8, 4) is 0 Å². The molecule has 6 heteroatoms. The summed E-state index contributed by atoms with van der Waals surface area (Å²) in [5, 5.41) is 12.2. The van der Waals surface area contributed by atoms with Crippen LogP contribution in [0.15, 0.2) is 0 Å². The number of ether oxygens (including phenoxy) is 1. The van der Waals surface area contributed by atoms with Crippen LogP contribution < -0.4 is 5.32 Å². The lowest BCUT2D eigenvalue weighted by Crippen LogP contribution is -2.44. The predicted octanol–water partition coefficient (Wildman–Crippen LogP) is 1.95. The molecule has 1 aliphatic heterocycles. The normalized spacial score (nSPS) is 21.8. The molecule has 2 N–H and O–H groups in total. The van der Waals surface area contributed by atoms with Crippen LogP contribution in [0.1, 0.15) is 40.0 Å². The first-order chi connectivity index (χ1) is 9.94. The van der Waals surface area contributed by atoms with Gasteiger partial charge in [-0.2, -0.15) is 0 Å². The van der Waals surface area contributed by atoms with Gasteiger partial charge in [-0.25, -0.2) is 4.79 Å². The largest absolute Gasteiger partial charge is 0.481 e. The fourth-order valence-corrected chi connectivity index (χ4v) is 2.59. The molecule has 122 valence electrons. The highest BCUT2D eigenvalue weighted by Gasteiger charge is 2.48. The maximum atomic E-state index is 12.0. The topological polar surface area (TPSA) is 78.9 Å². The number of nitrogens with zero attached hydrogens (tertiary/aromatic N) is 1. The van der Waals surface area contributed by atoms with Gasteiger partial charge in [-0.3, -0.25) is 4.79 Å². The molecule has 0 aromatic heterocycles. The number of aliphatic carboxylic acids is 1. The molecular weight excluding hydrogens is 272 g/mol. The van der Waals surface area contributed by atoms with Gasteiger partial charge in [0, 0.05) is 26.2 Å². The van der Waals surface area contributed by atoms with Crippen LogP contribution in [0.25, 0.3) is 0 Å². The number of amides is 2. The van der Waals surface area contributed by atoms with Crippen LogP contribution in [0.2, 0.25) is 0 Å². The van der Waals surface area contributed by atoms with Gasteiger partial charge >= 0.3 is 12.0 Å². The van der Waals surface area contributed by atoms with Crippen molar-refractivity contribution in [3.63, 3.8) is 0 Å². The van der Waals surface area contributed by atoms with Crippen molar-refractivity contribution in [2.75, 3.05) is 32.8 Å². The van der Waals surface area contributed by atoms with E-state index >= 15 is 0 Å². The van der Waals surface area contributed by atoms with Gasteiger partial charge in [0.05, 0.1) is 12.0 Å². The second kappa shape index (κ2) is 8.22. The van der Waals surface area contributed by atoms with E-state index in [1.807, 2.05) is 13.8 Å². The molecule has 1 fully saturated rings. The molecule has 6 nitrogen and oxygen atoms in total.